The van der Waals surface area contributed by atoms with Gasteiger partial charge in [0.1, 0.15) is 6.17 Å². The molecule has 0 spiro atoms. The molecular formula is C14H15N5OS. The van der Waals surface area contributed by atoms with Crippen molar-refractivity contribution in [3.63, 3.8) is 0 Å². The molecule has 4 rings (SSSR count). The van der Waals surface area contributed by atoms with Crippen LogP contribution in [0.15, 0.2) is 40.7 Å². The van der Waals surface area contributed by atoms with Crippen molar-refractivity contribution in [2.75, 3.05) is 14.1 Å². The molecule has 1 aromatic carbocycles. The van der Waals surface area contributed by atoms with Crippen LogP contribution < -0.4 is 5.43 Å². The lowest BCUT2D eigenvalue weighted by molar-refractivity contribution is 0.175. The third kappa shape index (κ3) is 1.77. The number of carbonyl (C=O) groups is 1. The molecule has 0 bridgehead atoms. The summed E-state index contributed by atoms with van der Waals surface area (Å²) in [4.78, 5) is 20.1. The number of hydrogen-bond donors (Lipinski definition) is 1. The first-order valence-electron chi connectivity index (χ1n) is 6.73. The normalized spacial score (nSPS) is 27.5. The van der Waals surface area contributed by atoms with Crippen LogP contribution in [0.2, 0.25) is 0 Å². The van der Waals surface area contributed by atoms with Gasteiger partial charge in [-0.3, -0.25) is 5.01 Å². The second kappa shape index (κ2) is 4.51. The fourth-order valence-electron chi connectivity index (χ4n) is 2.78. The van der Waals surface area contributed by atoms with E-state index in [4.69, 9.17) is 4.99 Å². The van der Waals surface area contributed by atoms with E-state index in [2.05, 4.69) is 23.0 Å². The van der Waals surface area contributed by atoms with Gasteiger partial charge in [0.15, 0.2) is 11.3 Å². The zero-order valence-electron chi connectivity index (χ0n) is 11.7. The fraction of sp³-hybridized carbons (Fsp3) is 0.286. The van der Waals surface area contributed by atoms with Gasteiger partial charge in [-0.25, -0.2) is 15.2 Å². The van der Waals surface area contributed by atoms with Crippen molar-refractivity contribution < 1.29 is 4.79 Å². The molecule has 0 saturated carbocycles. The summed E-state index contributed by atoms with van der Waals surface area (Å²) in [6.45, 7) is 0. The quantitative estimate of drug-likeness (QED) is 0.855. The second-order valence-electron chi connectivity index (χ2n) is 5.23. The van der Waals surface area contributed by atoms with Crippen LogP contribution in [0.4, 0.5) is 4.79 Å². The van der Waals surface area contributed by atoms with Gasteiger partial charge in [-0.05, 0) is 0 Å². The maximum Gasteiger partial charge on any atom is 0.322 e. The van der Waals surface area contributed by atoms with Gasteiger partial charge in [0.2, 0.25) is 0 Å². The number of aliphatic imine (C=N–C) groups is 1. The number of hydrogen-bond acceptors (Lipinski definition) is 5. The number of rotatable bonds is 1. The fourth-order valence-corrected chi connectivity index (χ4v) is 3.67. The number of urea groups is 1. The highest BCUT2D eigenvalue weighted by atomic mass is 32.2. The smallest absolute Gasteiger partial charge is 0.306 e. The average Bonchev–Trinajstić information content (AvgIpc) is 3.02. The molecular weight excluding hydrogens is 286 g/mol. The van der Waals surface area contributed by atoms with Crippen molar-refractivity contribution in [3.8, 4) is 0 Å². The molecule has 1 aromatic rings. The zero-order chi connectivity index (χ0) is 14.6. The highest BCUT2D eigenvalue weighted by Crippen LogP contribution is 2.36. The van der Waals surface area contributed by atoms with Gasteiger partial charge in [-0.1, -0.05) is 42.1 Å². The van der Waals surface area contributed by atoms with E-state index in [1.165, 1.54) is 0 Å². The Labute approximate surface area is 127 Å². The average molecular weight is 301 g/mol. The Morgan fingerprint density at radius 1 is 1.19 bits per heavy atom. The number of nitrogens with zero attached hydrogens (tertiary/aromatic N) is 4. The van der Waals surface area contributed by atoms with Crippen LogP contribution in [-0.2, 0) is 0 Å². The molecule has 3 aliphatic heterocycles. The van der Waals surface area contributed by atoms with Crippen LogP contribution in [-0.4, -0.2) is 52.4 Å². The number of fused-ring (bicyclic) bond motifs is 2. The van der Waals surface area contributed by atoms with Crippen LogP contribution in [0.25, 0.3) is 5.70 Å². The molecule has 3 aliphatic rings. The summed E-state index contributed by atoms with van der Waals surface area (Å²) in [6, 6.07) is 10.2. The molecule has 0 aromatic heterocycles. The van der Waals surface area contributed by atoms with Crippen molar-refractivity contribution >= 4 is 28.7 Å². The highest BCUT2D eigenvalue weighted by Gasteiger charge is 2.47. The molecule has 0 aliphatic carbocycles. The van der Waals surface area contributed by atoms with E-state index in [0.717, 1.165) is 16.4 Å². The zero-order valence-corrected chi connectivity index (χ0v) is 12.5. The van der Waals surface area contributed by atoms with Gasteiger partial charge in [0, 0.05) is 25.1 Å². The maximum absolute atomic E-state index is 12.0. The van der Waals surface area contributed by atoms with Crippen LogP contribution >= 0.6 is 11.8 Å². The Morgan fingerprint density at radius 2 is 1.95 bits per heavy atom. The predicted octanol–water partition coefficient (Wildman–Crippen LogP) is 1.56. The Kier molecular flexibility index (Phi) is 2.73. The number of hydrazine groups is 1. The van der Waals surface area contributed by atoms with E-state index in [1.807, 2.05) is 23.2 Å². The maximum atomic E-state index is 12.0. The number of nitrogens with one attached hydrogen (secondary N) is 1. The van der Waals surface area contributed by atoms with E-state index >= 15 is 0 Å². The molecule has 2 amide bonds. The van der Waals surface area contributed by atoms with Gasteiger partial charge in [-0.2, -0.15) is 0 Å². The highest BCUT2D eigenvalue weighted by molar-refractivity contribution is 8.16. The summed E-state index contributed by atoms with van der Waals surface area (Å²) in [5.41, 5.74) is 5.60. The summed E-state index contributed by atoms with van der Waals surface area (Å²) in [7, 11) is 3.59. The minimum absolute atomic E-state index is 0.0155. The third-order valence-corrected chi connectivity index (χ3v) is 4.82. The molecule has 1 saturated heterocycles. The van der Waals surface area contributed by atoms with E-state index in [1.54, 1.807) is 35.7 Å². The second-order valence-corrected chi connectivity index (χ2v) is 6.06. The van der Waals surface area contributed by atoms with Crippen LogP contribution in [0, 0.1) is 0 Å². The molecule has 3 heterocycles. The number of amidine groups is 1. The number of benzene rings is 1. The van der Waals surface area contributed by atoms with E-state index in [-0.39, 0.29) is 18.4 Å². The molecule has 1 N–H and O–H groups in total. The van der Waals surface area contributed by atoms with Crippen molar-refractivity contribution in [2.24, 2.45) is 4.99 Å². The summed E-state index contributed by atoms with van der Waals surface area (Å²) in [5.74, 6) is 0. The van der Waals surface area contributed by atoms with Crippen molar-refractivity contribution in [1.29, 1.82) is 0 Å². The Hall–Kier alpha value is -1.99. The number of likely N-dealkylation sites (N-methyl/N-ethyl adjacent to an activating group) is 2. The first kappa shape index (κ1) is 12.7. The van der Waals surface area contributed by atoms with Crippen molar-refractivity contribution in [3.05, 3.63) is 41.3 Å². The Balaban J connectivity index is 1.68. The first-order valence-corrected chi connectivity index (χ1v) is 7.61. The van der Waals surface area contributed by atoms with Crippen molar-refractivity contribution in [1.82, 2.24) is 20.2 Å². The molecule has 7 heteroatoms. The molecule has 2 atom stereocenters. The Morgan fingerprint density at radius 3 is 2.71 bits per heavy atom. The molecule has 6 nitrogen and oxygen atoms in total. The summed E-state index contributed by atoms with van der Waals surface area (Å²) < 4.78 is 0. The number of carbonyl (C=O) groups excluding carboxylic acids is 1. The minimum atomic E-state index is -0.176. The van der Waals surface area contributed by atoms with Gasteiger partial charge >= 0.3 is 6.03 Å². The van der Waals surface area contributed by atoms with Crippen LogP contribution in [0.5, 0.6) is 0 Å². The largest absolute Gasteiger partial charge is 0.322 e. The molecule has 108 valence electrons. The summed E-state index contributed by atoms with van der Waals surface area (Å²) in [5, 5.41) is 4.94. The van der Waals surface area contributed by atoms with E-state index in [9.17, 15) is 4.79 Å². The number of thioether (sulfide) groups is 1. The molecule has 21 heavy (non-hydrogen) atoms. The van der Waals surface area contributed by atoms with Gasteiger partial charge in [0.25, 0.3) is 0 Å². The third-order valence-electron chi connectivity index (χ3n) is 3.98. The first-order chi connectivity index (χ1) is 10.2. The monoisotopic (exact) mass is 301 g/mol. The Bertz CT molecular complexity index is 659. The lowest BCUT2D eigenvalue weighted by atomic mass is 10.2. The number of amides is 2. The van der Waals surface area contributed by atoms with Crippen molar-refractivity contribution in [2.45, 2.75) is 12.3 Å². The van der Waals surface area contributed by atoms with Crippen LogP contribution in [0.1, 0.15) is 5.56 Å². The minimum Gasteiger partial charge on any atom is -0.306 e. The van der Waals surface area contributed by atoms with Gasteiger partial charge < -0.3 is 9.80 Å². The van der Waals surface area contributed by atoms with Gasteiger partial charge in [0.05, 0.1) is 5.70 Å². The standard InChI is InChI=1S/C14H15N5OS/c1-17-11-12(18(2)14(17)20)16-19-10(8-21-13(19)15-11)9-6-4-3-5-7-9/h3-8,11-12,16H,1-2H3. The molecule has 0 radical (unpaired) electrons. The SMILES string of the molecule is CN1C(=O)N(C)C2NN3C(c4ccccc4)=CSC3=NC21. The lowest BCUT2D eigenvalue weighted by Gasteiger charge is -2.35. The van der Waals surface area contributed by atoms with E-state index in [0.29, 0.717) is 0 Å². The molecule has 1 fully saturated rings. The summed E-state index contributed by atoms with van der Waals surface area (Å²) in [6.07, 6.45) is -0.318. The predicted molar refractivity (Wildman–Crippen MR) is 82.9 cm³/mol. The topological polar surface area (TPSA) is 51.2 Å². The summed E-state index contributed by atoms with van der Waals surface area (Å²) >= 11 is 1.58. The van der Waals surface area contributed by atoms with E-state index < -0.39 is 0 Å². The lowest BCUT2D eigenvalue weighted by Crippen LogP contribution is -2.57. The van der Waals surface area contributed by atoms with Crippen LogP contribution in [0.3, 0.4) is 0 Å². The van der Waals surface area contributed by atoms with Gasteiger partial charge in [-0.15, -0.1) is 0 Å². The molecule has 2 unspecified atom stereocenters.